The Balaban J connectivity index is 0.000000360. The average Bonchev–Trinajstić information content (AvgIpc) is 2.41. The van der Waals surface area contributed by atoms with Crippen LogP contribution in [0.25, 0.3) is 0 Å². The minimum absolute atomic E-state index is 0.303. The summed E-state index contributed by atoms with van der Waals surface area (Å²) in [7, 11) is 0. The minimum atomic E-state index is -1.67. The highest BCUT2D eigenvalue weighted by molar-refractivity contribution is 5.19. The second-order valence-corrected chi connectivity index (χ2v) is 3.65. The Morgan fingerprint density at radius 3 is 2.00 bits per heavy atom. The molecule has 0 amide bonds. The number of benzene rings is 1. The molecule has 0 spiro atoms. The van der Waals surface area contributed by atoms with Crippen molar-refractivity contribution in [3.05, 3.63) is 61.2 Å². The number of hydrogen-bond acceptors (Lipinski definition) is 3. The van der Waals surface area contributed by atoms with Crippen molar-refractivity contribution < 1.29 is 14.9 Å². The van der Waals surface area contributed by atoms with E-state index in [0.29, 0.717) is 25.2 Å². The SMILES string of the molecule is C=CCOCC=C.CCC(O)(O)c1ccccc1. The lowest BCUT2D eigenvalue weighted by Crippen LogP contribution is -2.23. The standard InChI is InChI=1S/C9H12O2.C6H10O/c1-2-9(10,11)8-6-4-3-5-7-8;1-3-5-7-6-4-2/h3-7,10-11H,2H2,1H3;3-4H,1-2,5-6H2. The zero-order chi connectivity index (χ0) is 13.9. The fraction of sp³-hybridized carbons (Fsp3) is 0.333. The van der Waals surface area contributed by atoms with Crippen molar-refractivity contribution in [2.45, 2.75) is 19.1 Å². The molecule has 100 valence electrons. The Kier molecular flexibility index (Phi) is 8.84. The van der Waals surface area contributed by atoms with Crippen molar-refractivity contribution >= 4 is 0 Å². The minimum Gasteiger partial charge on any atom is -0.373 e. The fourth-order valence-corrected chi connectivity index (χ4v) is 1.14. The number of ether oxygens (including phenoxy) is 1. The predicted octanol–water partition coefficient (Wildman–Crippen LogP) is 2.61. The molecule has 0 aliphatic rings. The summed E-state index contributed by atoms with van der Waals surface area (Å²) in [6.07, 6.45) is 3.73. The lowest BCUT2D eigenvalue weighted by molar-refractivity contribution is -0.171. The van der Waals surface area contributed by atoms with Crippen molar-refractivity contribution in [3.8, 4) is 0 Å². The third kappa shape index (κ3) is 7.01. The highest BCUT2D eigenvalue weighted by atomic mass is 16.5. The molecule has 0 atom stereocenters. The maximum Gasteiger partial charge on any atom is 0.189 e. The van der Waals surface area contributed by atoms with Gasteiger partial charge < -0.3 is 14.9 Å². The molecule has 0 aromatic heterocycles. The van der Waals surface area contributed by atoms with Gasteiger partial charge in [-0.25, -0.2) is 0 Å². The molecule has 0 fully saturated rings. The molecule has 0 aliphatic heterocycles. The molecule has 18 heavy (non-hydrogen) atoms. The molecular formula is C15H22O3. The van der Waals surface area contributed by atoms with Gasteiger partial charge in [-0.15, -0.1) is 13.2 Å². The summed E-state index contributed by atoms with van der Waals surface area (Å²) in [4.78, 5) is 0. The Morgan fingerprint density at radius 2 is 1.61 bits per heavy atom. The number of rotatable bonds is 6. The quantitative estimate of drug-likeness (QED) is 0.463. The smallest absolute Gasteiger partial charge is 0.189 e. The summed E-state index contributed by atoms with van der Waals surface area (Å²) in [5.41, 5.74) is 0.544. The highest BCUT2D eigenvalue weighted by Crippen LogP contribution is 2.20. The molecule has 1 rings (SSSR count). The van der Waals surface area contributed by atoms with Gasteiger partial charge in [-0.05, 0) is 0 Å². The maximum atomic E-state index is 9.35. The van der Waals surface area contributed by atoms with E-state index in [1.54, 1.807) is 43.3 Å². The van der Waals surface area contributed by atoms with E-state index in [9.17, 15) is 10.2 Å². The Morgan fingerprint density at radius 1 is 1.11 bits per heavy atom. The van der Waals surface area contributed by atoms with Crippen molar-refractivity contribution in [2.75, 3.05) is 13.2 Å². The molecule has 3 heteroatoms. The first-order valence-electron chi connectivity index (χ1n) is 5.88. The molecule has 0 bridgehead atoms. The summed E-state index contributed by atoms with van der Waals surface area (Å²) in [6, 6.07) is 8.81. The van der Waals surface area contributed by atoms with E-state index >= 15 is 0 Å². The van der Waals surface area contributed by atoms with Crippen LogP contribution in [0.5, 0.6) is 0 Å². The molecule has 0 radical (unpaired) electrons. The second kappa shape index (κ2) is 9.59. The van der Waals surface area contributed by atoms with Gasteiger partial charge in [0.2, 0.25) is 0 Å². The molecule has 0 saturated carbocycles. The normalized spacial score (nSPS) is 10.2. The molecule has 0 aliphatic carbocycles. The van der Waals surface area contributed by atoms with E-state index in [1.807, 2.05) is 6.07 Å². The summed E-state index contributed by atoms with van der Waals surface area (Å²) < 4.78 is 4.90. The zero-order valence-electron chi connectivity index (χ0n) is 10.9. The summed E-state index contributed by atoms with van der Waals surface area (Å²) >= 11 is 0. The van der Waals surface area contributed by atoms with Gasteiger partial charge >= 0.3 is 0 Å². The molecule has 0 heterocycles. The van der Waals surface area contributed by atoms with E-state index in [0.717, 1.165) is 0 Å². The fourth-order valence-electron chi connectivity index (χ4n) is 1.14. The van der Waals surface area contributed by atoms with E-state index < -0.39 is 5.79 Å². The Hall–Kier alpha value is -1.42. The maximum absolute atomic E-state index is 9.35. The second-order valence-electron chi connectivity index (χ2n) is 3.65. The highest BCUT2D eigenvalue weighted by Gasteiger charge is 2.21. The van der Waals surface area contributed by atoms with Crippen LogP contribution in [0.15, 0.2) is 55.6 Å². The lowest BCUT2D eigenvalue weighted by atomic mass is 10.0. The van der Waals surface area contributed by atoms with Crippen LogP contribution in [0.4, 0.5) is 0 Å². The first kappa shape index (κ1) is 16.6. The Bertz CT molecular complexity index is 323. The van der Waals surface area contributed by atoms with Crippen molar-refractivity contribution in [1.82, 2.24) is 0 Å². The number of hydrogen-bond donors (Lipinski definition) is 2. The van der Waals surface area contributed by atoms with Crippen LogP contribution in [0.1, 0.15) is 18.9 Å². The van der Waals surface area contributed by atoms with E-state index in [2.05, 4.69) is 13.2 Å². The molecule has 0 unspecified atom stereocenters. The van der Waals surface area contributed by atoms with E-state index in [4.69, 9.17) is 4.74 Å². The van der Waals surface area contributed by atoms with Gasteiger partial charge in [0.1, 0.15) is 0 Å². The molecule has 2 N–H and O–H groups in total. The summed E-state index contributed by atoms with van der Waals surface area (Å²) in [5.74, 6) is -1.67. The molecule has 1 aromatic rings. The zero-order valence-corrected chi connectivity index (χ0v) is 10.9. The van der Waals surface area contributed by atoms with Crippen LogP contribution < -0.4 is 0 Å². The van der Waals surface area contributed by atoms with Crippen LogP contribution >= 0.6 is 0 Å². The monoisotopic (exact) mass is 250 g/mol. The van der Waals surface area contributed by atoms with Crippen LogP contribution in [0.2, 0.25) is 0 Å². The summed E-state index contributed by atoms with van der Waals surface area (Å²) in [5, 5.41) is 18.7. The van der Waals surface area contributed by atoms with E-state index in [1.165, 1.54) is 0 Å². The molecular weight excluding hydrogens is 228 g/mol. The third-order valence-electron chi connectivity index (χ3n) is 2.20. The number of aliphatic hydroxyl groups is 2. The average molecular weight is 250 g/mol. The van der Waals surface area contributed by atoms with Gasteiger partial charge in [0, 0.05) is 12.0 Å². The lowest BCUT2D eigenvalue weighted by Gasteiger charge is -2.19. The van der Waals surface area contributed by atoms with Gasteiger partial charge in [0.05, 0.1) is 13.2 Å². The molecule has 1 aromatic carbocycles. The van der Waals surface area contributed by atoms with Gasteiger partial charge in [-0.2, -0.15) is 0 Å². The van der Waals surface area contributed by atoms with Crippen molar-refractivity contribution in [3.63, 3.8) is 0 Å². The summed E-state index contributed by atoms with van der Waals surface area (Å²) in [6.45, 7) is 9.91. The van der Waals surface area contributed by atoms with Crippen molar-refractivity contribution in [1.29, 1.82) is 0 Å². The predicted molar refractivity (Wildman–Crippen MR) is 74.1 cm³/mol. The topological polar surface area (TPSA) is 49.7 Å². The van der Waals surface area contributed by atoms with Crippen molar-refractivity contribution in [2.24, 2.45) is 0 Å². The van der Waals surface area contributed by atoms with Crippen LogP contribution in [-0.2, 0) is 10.5 Å². The molecule has 3 nitrogen and oxygen atoms in total. The van der Waals surface area contributed by atoms with Gasteiger partial charge in [-0.3, -0.25) is 0 Å². The van der Waals surface area contributed by atoms with Crippen LogP contribution in [-0.4, -0.2) is 23.4 Å². The molecule has 0 saturated heterocycles. The van der Waals surface area contributed by atoms with E-state index in [-0.39, 0.29) is 0 Å². The van der Waals surface area contributed by atoms with Gasteiger partial charge in [-0.1, -0.05) is 49.4 Å². The van der Waals surface area contributed by atoms with Crippen LogP contribution in [0.3, 0.4) is 0 Å². The van der Waals surface area contributed by atoms with Gasteiger partial charge in [0.25, 0.3) is 0 Å². The van der Waals surface area contributed by atoms with Crippen LogP contribution in [0, 0.1) is 0 Å². The Labute approximate surface area is 109 Å². The first-order chi connectivity index (χ1) is 8.58. The first-order valence-corrected chi connectivity index (χ1v) is 5.88. The third-order valence-corrected chi connectivity index (χ3v) is 2.20. The largest absolute Gasteiger partial charge is 0.373 e. The van der Waals surface area contributed by atoms with Gasteiger partial charge in [0.15, 0.2) is 5.79 Å².